The number of carbonyl (C=O) groups excluding carboxylic acids is 1. The van der Waals surface area contributed by atoms with Gasteiger partial charge in [0.15, 0.2) is 0 Å². The highest BCUT2D eigenvalue weighted by atomic mass is 16.5. The predicted octanol–water partition coefficient (Wildman–Crippen LogP) is 4.44. The average Bonchev–Trinajstić information content (AvgIpc) is 3.02. The second-order valence-corrected chi connectivity index (χ2v) is 8.64. The molecule has 2 heterocycles. The van der Waals surface area contributed by atoms with Gasteiger partial charge in [-0.25, -0.2) is 0 Å². The molecule has 0 N–H and O–H groups in total. The molecule has 2 aliphatic heterocycles. The molecule has 2 aromatic carbocycles. The topological polar surface area (TPSA) is 32.8 Å². The molecule has 2 unspecified atom stereocenters. The van der Waals surface area contributed by atoms with Crippen LogP contribution in [0.1, 0.15) is 55.2 Å². The fraction of sp³-hybridized carbons (Fsp3) is 0.500. The number of rotatable bonds is 6. The second kappa shape index (κ2) is 10.2. The summed E-state index contributed by atoms with van der Waals surface area (Å²) in [7, 11) is 0. The van der Waals surface area contributed by atoms with Gasteiger partial charge in [0.05, 0.1) is 12.6 Å². The van der Waals surface area contributed by atoms with Crippen molar-refractivity contribution in [3.05, 3.63) is 71.3 Å². The second-order valence-electron chi connectivity index (χ2n) is 8.64. The van der Waals surface area contributed by atoms with E-state index in [1.54, 1.807) is 0 Å². The summed E-state index contributed by atoms with van der Waals surface area (Å²) in [6, 6.07) is 19.2. The van der Waals surface area contributed by atoms with E-state index in [2.05, 4.69) is 71.3 Å². The summed E-state index contributed by atoms with van der Waals surface area (Å²) < 4.78 is 5.96. The third-order valence-corrected chi connectivity index (χ3v) is 6.43. The van der Waals surface area contributed by atoms with Gasteiger partial charge in [-0.2, -0.15) is 0 Å². The molecular weight excluding hydrogens is 372 g/mol. The lowest BCUT2D eigenvalue weighted by molar-refractivity contribution is -0.133. The van der Waals surface area contributed by atoms with Crippen molar-refractivity contribution >= 4 is 5.91 Å². The SMILES string of the molecule is CCCOC1CCCN(CC(=O)N2Cc3ccccc3C(c3ccccc3)C2)CC1. The number of hydrogen-bond donors (Lipinski definition) is 0. The first-order chi connectivity index (χ1) is 14.7. The van der Waals surface area contributed by atoms with Crippen LogP contribution in [-0.2, 0) is 16.1 Å². The molecule has 30 heavy (non-hydrogen) atoms. The highest BCUT2D eigenvalue weighted by Crippen LogP contribution is 2.33. The Morgan fingerprint density at radius 2 is 1.83 bits per heavy atom. The molecule has 4 heteroatoms. The molecule has 2 aromatic rings. The highest BCUT2D eigenvalue weighted by molar-refractivity contribution is 5.79. The molecule has 1 amide bonds. The Morgan fingerprint density at radius 1 is 1.03 bits per heavy atom. The molecule has 0 saturated carbocycles. The van der Waals surface area contributed by atoms with Gasteiger partial charge in [-0.15, -0.1) is 0 Å². The standard InChI is InChI=1S/C26H34N2O2/c1-2-17-30-23-12-8-15-27(16-14-23)20-26(29)28-18-22-11-6-7-13-24(22)25(19-28)21-9-4-3-5-10-21/h3-7,9-11,13,23,25H,2,8,12,14-20H2,1H3. The van der Waals surface area contributed by atoms with Crippen LogP contribution in [0.25, 0.3) is 0 Å². The zero-order valence-corrected chi connectivity index (χ0v) is 18.1. The number of carbonyl (C=O) groups is 1. The molecular formula is C26H34N2O2. The third kappa shape index (κ3) is 5.11. The Hall–Kier alpha value is -2.17. The third-order valence-electron chi connectivity index (χ3n) is 6.43. The van der Waals surface area contributed by atoms with Crippen molar-refractivity contribution in [3.8, 4) is 0 Å². The zero-order chi connectivity index (χ0) is 20.8. The lowest BCUT2D eigenvalue weighted by atomic mass is 9.84. The summed E-state index contributed by atoms with van der Waals surface area (Å²) in [6.45, 7) is 6.93. The molecule has 0 spiro atoms. The van der Waals surface area contributed by atoms with Crippen LogP contribution < -0.4 is 0 Å². The van der Waals surface area contributed by atoms with Crippen LogP contribution in [0.15, 0.2) is 54.6 Å². The zero-order valence-electron chi connectivity index (χ0n) is 18.1. The number of fused-ring (bicyclic) bond motifs is 1. The van der Waals surface area contributed by atoms with Gasteiger partial charge in [-0.05, 0) is 48.9 Å². The Bertz CT molecular complexity index is 823. The summed E-state index contributed by atoms with van der Waals surface area (Å²) in [4.78, 5) is 17.7. The van der Waals surface area contributed by atoms with Crippen LogP contribution in [0.3, 0.4) is 0 Å². The fourth-order valence-corrected chi connectivity index (χ4v) is 4.79. The lowest BCUT2D eigenvalue weighted by Crippen LogP contribution is -2.44. The van der Waals surface area contributed by atoms with E-state index in [0.717, 1.165) is 51.9 Å². The number of ether oxygens (including phenoxy) is 1. The largest absolute Gasteiger partial charge is 0.378 e. The summed E-state index contributed by atoms with van der Waals surface area (Å²) in [5.41, 5.74) is 3.92. The number of hydrogen-bond acceptors (Lipinski definition) is 3. The van der Waals surface area contributed by atoms with E-state index >= 15 is 0 Å². The van der Waals surface area contributed by atoms with E-state index in [1.807, 2.05) is 0 Å². The molecule has 4 nitrogen and oxygen atoms in total. The van der Waals surface area contributed by atoms with Crippen molar-refractivity contribution in [2.24, 2.45) is 0 Å². The molecule has 1 fully saturated rings. The summed E-state index contributed by atoms with van der Waals surface area (Å²) in [5, 5.41) is 0. The normalized spacial score (nSPS) is 22.4. The first-order valence-electron chi connectivity index (χ1n) is 11.5. The van der Waals surface area contributed by atoms with Gasteiger partial charge >= 0.3 is 0 Å². The highest BCUT2D eigenvalue weighted by Gasteiger charge is 2.30. The van der Waals surface area contributed by atoms with Gasteiger partial charge < -0.3 is 9.64 Å². The van der Waals surface area contributed by atoms with Crippen molar-refractivity contribution < 1.29 is 9.53 Å². The lowest BCUT2D eigenvalue weighted by Gasteiger charge is -2.36. The van der Waals surface area contributed by atoms with Gasteiger partial charge in [0.1, 0.15) is 0 Å². The first-order valence-corrected chi connectivity index (χ1v) is 11.5. The monoisotopic (exact) mass is 406 g/mol. The first kappa shape index (κ1) is 21.1. The van der Waals surface area contributed by atoms with Crippen molar-refractivity contribution in [1.29, 1.82) is 0 Å². The summed E-state index contributed by atoms with van der Waals surface area (Å²) in [5.74, 6) is 0.495. The number of likely N-dealkylation sites (tertiary alicyclic amines) is 1. The van der Waals surface area contributed by atoms with Gasteiger partial charge in [0, 0.05) is 32.2 Å². The maximum Gasteiger partial charge on any atom is 0.237 e. The minimum Gasteiger partial charge on any atom is -0.378 e. The van der Waals surface area contributed by atoms with Crippen LogP contribution in [0, 0.1) is 0 Å². The number of benzene rings is 2. The number of amides is 1. The molecule has 4 rings (SSSR count). The quantitative estimate of drug-likeness (QED) is 0.711. The molecule has 160 valence electrons. The molecule has 2 aliphatic rings. The van der Waals surface area contributed by atoms with Gasteiger partial charge in [-0.1, -0.05) is 61.5 Å². The van der Waals surface area contributed by atoms with E-state index in [-0.39, 0.29) is 11.8 Å². The molecule has 0 aromatic heterocycles. The van der Waals surface area contributed by atoms with Gasteiger partial charge in [0.25, 0.3) is 0 Å². The maximum absolute atomic E-state index is 13.3. The van der Waals surface area contributed by atoms with Crippen LogP contribution in [0.5, 0.6) is 0 Å². The van der Waals surface area contributed by atoms with Crippen LogP contribution >= 0.6 is 0 Å². The molecule has 2 atom stereocenters. The van der Waals surface area contributed by atoms with Crippen LogP contribution in [-0.4, -0.2) is 54.6 Å². The van der Waals surface area contributed by atoms with Crippen molar-refractivity contribution in [2.45, 2.75) is 51.2 Å². The molecule has 0 aliphatic carbocycles. The Kier molecular flexibility index (Phi) is 7.19. The van der Waals surface area contributed by atoms with Crippen molar-refractivity contribution in [2.75, 3.05) is 32.8 Å². The van der Waals surface area contributed by atoms with Crippen molar-refractivity contribution in [3.63, 3.8) is 0 Å². The van der Waals surface area contributed by atoms with Crippen LogP contribution in [0.4, 0.5) is 0 Å². The predicted molar refractivity (Wildman–Crippen MR) is 120 cm³/mol. The molecule has 0 radical (unpaired) electrons. The van der Waals surface area contributed by atoms with E-state index < -0.39 is 0 Å². The Morgan fingerprint density at radius 3 is 2.67 bits per heavy atom. The van der Waals surface area contributed by atoms with Gasteiger partial charge in [0.2, 0.25) is 5.91 Å². The minimum absolute atomic E-state index is 0.246. The van der Waals surface area contributed by atoms with Crippen molar-refractivity contribution in [1.82, 2.24) is 9.80 Å². The summed E-state index contributed by atoms with van der Waals surface area (Å²) in [6.07, 6.45) is 4.67. The molecule has 0 bridgehead atoms. The fourth-order valence-electron chi connectivity index (χ4n) is 4.79. The van der Waals surface area contributed by atoms with E-state index in [4.69, 9.17) is 4.74 Å². The van der Waals surface area contributed by atoms with E-state index in [9.17, 15) is 4.79 Å². The Labute approximate surface area is 180 Å². The Balaban J connectivity index is 1.42. The van der Waals surface area contributed by atoms with E-state index in [0.29, 0.717) is 19.2 Å². The van der Waals surface area contributed by atoms with Gasteiger partial charge in [-0.3, -0.25) is 9.69 Å². The number of nitrogens with zero attached hydrogens (tertiary/aromatic N) is 2. The average molecular weight is 407 g/mol. The van der Waals surface area contributed by atoms with E-state index in [1.165, 1.54) is 16.7 Å². The minimum atomic E-state index is 0.246. The van der Waals surface area contributed by atoms with Crippen LogP contribution in [0.2, 0.25) is 0 Å². The maximum atomic E-state index is 13.3. The summed E-state index contributed by atoms with van der Waals surface area (Å²) >= 11 is 0. The smallest absolute Gasteiger partial charge is 0.237 e. The molecule has 1 saturated heterocycles.